The second-order valence-electron chi connectivity index (χ2n) is 6.92. The zero-order valence-electron chi connectivity index (χ0n) is 17.5. The molecule has 0 bridgehead atoms. The van der Waals surface area contributed by atoms with E-state index in [1.807, 2.05) is 54.6 Å². The summed E-state index contributed by atoms with van der Waals surface area (Å²) in [7, 11) is -3.70. The zero-order chi connectivity index (χ0) is 23.1. The Bertz CT molecular complexity index is 1200. The molecule has 0 saturated carbocycles. The van der Waals surface area contributed by atoms with E-state index in [0.29, 0.717) is 22.9 Å². The minimum Gasteiger partial charge on any atom is -0.457 e. The van der Waals surface area contributed by atoms with E-state index in [-0.39, 0.29) is 0 Å². The van der Waals surface area contributed by atoms with Crippen LogP contribution in [0.2, 0.25) is 0 Å². The number of halogens is 1. The van der Waals surface area contributed by atoms with E-state index in [4.69, 9.17) is 4.74 Å². The average molecular weight is 516 g/mol. The molecule has 0 aliphatic rings. The molecule has 0 radical (unpaired) electrons. The summed E-state index contributed by atoms with van der Waals surface area (Å²) in [5.74, 6) is 0.655. The van der Waals surface area contributed by atoms with Crippen LogP contribution in [0.25, 0.3) is 0 Å². The number of nitrogens with zero attached hydrogens (tertiary/aromatic N) is 2. The molecule has 0 spiro atoms. The summed E-state index contributed by atoms with van der Waals surface area (Å²) in [4.78, 5) is 12.4. The molecule has 0 aliphatic heterocycles. The summed E-state index contributed by atoms with van der Waals surface area (Å²) in [6, 6.07) is 23.1. The lowest BCUT2D eigenvalue weighted by atomic mass is 10.1. The first kappa shape index (κ1) is 23.5. The van der Waals surface area contributed by atoms with E-state index in [9.17, 15) is 13.2 Å². The second-order valence-corrected chi connectivity index (χ2v) is 9.74. The van der Waals surface area contributed by atoms with Crippen molar-refractivity contribution in [3.8, 4) is 11.5 Å². The van der Waals surface area contributed by atoms with Crippen molar-refractivity contribution in [2.75, 3.05) is 17.1 Å². The third-order valence-electron chi connectivity index (χ3n) is 4.40. The largest absolute Gasteiger partial charge is 0.457 e. The number of rotatable bonds is 8. The van der Waals surface area contributed by atoms with Gasteiger partial charge in [-0.15, -0.1) is 0 Å². The lowest BCUT2D eigenvalue weighted by Crippen LogP contribution is -2.39. The number of hydrazone groups is 1. The number of para-hydroxylation sites is 1. The maximum atomic E-state index is 12.4. The molecule has 7 nitrogen and oxygen atoms in total. The van der Waals surface area contributed by atoms with Crippen LogP contribution in [0.1, 0.15) is 12.5 Å². The van der Waals surface area contributed by atoms with E-state index in [1.54, 1.807) is 31.2 Å². The van der Waals surface area contributed by atoms with Crippen LogP contribution in [-0.2, 0) is 14.8 Å². The molecule has 3 aromatic rings. The molecule has 3 aromatic carbocycles. The standard InChI is InChI=1S/C23H22BrN3O4S/c1-17(18-8-10-19(24)11-9-18)25-26-23(28)16-27(32(2,29)30)20-12-14-22(15-13-20)31-21-6-4-3-5-7-21/h3-15H,16H2,1-2H3,(H,26,28)/b25-17-. The SMILES string of the molecule is C/C(=N/NC(=O)CN(c1ccc(Oc2ccccc2)cc1)S(C)(=O)=O)c1ccc(Br)cc1. The Morgan fingerprint density at radius 3 is 2.16 bits per heavy atom. The van der Waals surface area contributed by atoms with E-state index >= 15 is 0 Å². The Kier molecular flexibility index (Phi) is 7.66. The van der Waals surface area contributed by atoms with Gasteiger partial charge < -0.3 is 4.74 Å². The van der Waals surface area contributed by atoms with Crippen LogP contribution in [0.4, 0.5) is 5.69 Å². The molecule has 9 heteroatoms. The molecule has 1 amide bonds. The number of sulfonamides is 1. The van der Waals surface area contributed by atoms with Crippen LogP contribution in [0.15, 0.2) is 88.4 Å². The van der Waals surface area contributed by atoms with E-state index in [1.165, 1.54) is 0 Å². The highest BCUT2D eigenvalue weighted by molar-refractivity contribution is 9.10. The van der Waals surface area contributed by atoms with Crippen molar-refractivity contribution in [2.45, 2.75) is 6.92 Å². The van der Waals surface area contributed by atoms with Crippen molar-refractivity contribution in [1.82, 2.24) is 5.43 Å². The molecule has 0 unspecified atom stereocenters. The minimum absolute atomic E-state index is 0.344. The first-order chi connectivity index (χ1) is 15.2. The number of benzene rings is 3. The maximum absolute atomic E-state index is 12.4. The molecule has 3 rings (SSSR count). The highest BCUT2D eigenvalue weighted by atomic mass is 79.9. The van der Waals surface area contributed by atoms with Crippen LogP contribution in [0.3, 0.4) is 0 Å². The minimum atomic E-state index is -3.70. The van der Waals surface area contributed by atoms with Gasteiger partial charge in [0.25, 0.3) is 5.91 Å². The predicted octanol–water partition coefficient (Wildman–Crippen LogP) is 4.55. The van der Waals surface area contributed by atoms with Crippen LogP contribution >= 0.6 is 15.9 Å². The van der Waals surface area contributed by atoms with Crippen molar-refractivity contribution >= 4 is 43.3 Å². The molecule has 32 heavy (non-hydrogen) atoms. The Morgan fingerprint density at radius 2 is 1.56 bits per heavy atom. The highest BCUT2D eigenvalue weighted by Gasteiger charge is 2.21. The van der Waals surface area contributed by atoms with E-state index < -0.39 is 22.5 Å². The molecule has 0 aliphatic carbocycles. The predicted molar refractivity (Wildman–Crippen MR) is 130 cm³/mol. The molecular weight excluding hydrogens is 494 g/mol. The average Bonchev–Trinajstić information content (AvgIpc) is 2.77. The van der Waals surface area contributed by atoms with Gasteiger partial charge in [0.05, 0.1) is 17.7 Å². The smallest absolute Gasteiger partial charge is 0.260 e. The topological polar surface area (TPSA) is 88.1 Å². The van der Waals surface area contributed by atoms with Crippen molar-refractivity contribution < 1.29 is 17.9 Å². The first-order valence-corrected chi connectivity index (χ1v) is 12.3. The van der Waals surface area contributed by atoms with Gasteiger partial charge in [-0.05, 0) is 61.0 Å². The number of amides is 1. The van der Waals surface area contributed by atoms with Gasteiger partial charge >= 0.3 is 0 Å². The van der Waals surface area contributed by atoms with Gasteiger partial charge in [0.2, 0.25) is 10.0 Å². The number of carbonyl (C=O) groups excluding carboxylic acids is 1. The van der Waals surface area contributed by atoms with Gasteiger partial charge in [0.1, 0.15) is 18.0 Å². The maximum Gasteiger partial charge on any atom is 0.260 e. The van der Waals surface area contributed by atoms with Gasteiger partial charge in [-0.2, -0.15) is 5.10 Å². The summed E-state index contributed by atoms with van der Waals surface area (Å²) in [5, 5.41) is 4.07. The molecule has 0 aromatic heterocycles. The summed E-state index contributed by atoms with van der Waals surface area (Å²) < 4.78 is 32.3. The summed E-state index contributed by atoms with van der Waals surface area (Å²) in [6.45, 7) is 1.35. The fraction of sp³-hybridized carbons (Fsp3) is 0.130. The van der Waals surface area contributed by atoms with Crippen LogP contribution in [0.5, 0.6) is 11.5 Å². The molecule has 1 N–H and O–H groups in total. The Morgan fingerprint density at radius 1 is 0.969 bits per heavy atom. The second kappa shape index (κ2) is 10.4. The Labute approximate surface area is 195 Å². The Hall–Kier alpha value is -3.17. The monoisotopic (exact) mass is 515 g/mol. The molecule has 166 valence electrons. The van der Waals surface area contributed by atoms with Gasteiger partial charge in [-0.1, -0.05) is 46.3 Å². The fourth-order valence-corrected chi connectivity index (χ4v) is 3.89. The number of carbonyl (C=O) groups is 1. The highest BCUT2D eigenvalue weighted by Crippen LogP contribution is 2.25. The summed E-state index contributed by atoms with van der Waals surface area (Å²) in [5.41, 5.74) is 4.19. The van der Waals surface area contributed by atoms with E-state index in [2.05, 4.69) is 26.5 Å². The van der Waals surface area contributed by atoms with E-state index in [0.717, 1.165) is 20.6 Å². The summed E-state index contributed by atoms with van der Waals surface area (Å²) in [6.07, 6.45) is 1.05. The number of anilines is 1. The zero-order valence-corrected chi connectivity index (χ0v) is 19.9. The molecule has 0 fully saturated rings. The number of ether oxygens (including phenoxy) is 1. The Balaban J connectivity index is 1.69. The number of hydrogen-bond acceptors (Lipinski definition) is 5. The molecule has 0 atom stereocenters. The number of hydrogen-bond donors (Lipinski definition) is 1. The van der Waals surface area contributed by atoms with Crippen molar-refractivity contribution in [1.29, 1.82) is 0 Å². The van der Waals surface area contributed by atoms with Gasteiger partial charge in [0.15, 0.2) is 0 Å². The van der Waals surface area contributed by atoms with Crippen molar-refractivity contribution in [3.63, 3.8) is 0 Å². The molecule has 0 saturated heterocycles. The summed E-state index contributed by atoms with van der Waals surface area (Å²) >= 11 is 3.37. The first-order valence-electron chi connectivity index (χ1n) is 9.62. The third kappa shape index (κ3) is 6.66. The quantitative estimate of drug-likeness (QED) is 0.352. The van der Waals surface area contributed by atoms with Crippen LogP contribution in [0, 0.1) is 0 Å². The number of nitrogens with one attached hydrogen (secondary N) is 1. The molecule has 0 heterocycles. The molecular formula is C23H22BrN3O4S. The van der Waals surface area contributed by atoms with Crippen molar-refractivity contribution in [2.24, 2.45) is 5.10 Å². The lowest BCUT2D eigenvalue weighted by molar-refractivity contribution is -0.119. The van der Waals surface area contributed by atoms with Gasteiger partial charge in [0, 0.05) is 4.47 Å². The fourth-order valence-electron chi connectivity index (χ4n) is 2.77. The van der Waals surface area contributed by atoms with Crippen LogP contribution in [-0.4, -0.2) is 32.8 Å². The lowest BCUT2D eigenvalue weighted by Gasteiger charge is -2.21. The van der Waals surface area contributed by atoms with Gasteiger partial charge in [-0.25, -0.2) is 13.8 Å². The van der Waals surface area contributed by atoms with Crippen LogP contribution < -0.4 is 14.5 Å². The normalized spacial score (nSPS) is 11.7. The third-order valence-corrected chi connectivity index (χ3v) is 6.07. The van der Waals surface area contributed by atoms with Gasteiger partial charge in [-0.3, -0.25) is 9.10 Å². The van der Waals surface area contributed by atoms with Crippen molar-refractivity contribution in [3.05, 3.63) is 88.9 Å².